The van der Waals surface area contributed by atoms with Crippen molar-refractivity contribution in [3.63, 3.8) is 0 Å². The zero-order valence-electron chi connectivity index (χ0n) is 10.5. The third-order valence-electron chi connectivity index (χ3n) is 2.84. The van der Waals surface area contributed by atoms with Crippen LogP contribution in [0.15, 0.2) is 63.3 Å². The summed E-state index contributed by atoms with van der Waals surface area (Å²) in [7, 11) is 0. The molecule has 0 aliphatic carbocycles. The quantitative estimate of drug-likeness (QED) is 0.829. The SMILES string of the molecule is O=C(Nc1cccc(S)c1)C1C=Nc2ccccc2S1. The number of hydrogen-bond acceptors (Lipinski definition) is 4. The molecule has 2 aromatic rings. The molecule has 0 aromatic heterocycles. The van der Waals surface area contributed by atoms with Gasteiger partial charge < -0.3 is 5.32 Å². The lowest BCUT2D eigenvalue weighted by Gasteiger charge is -2.17. The van der Waals surface area contributed by atoms with Gasteiger partial charge in [0.1, 0.15) is 5.25 Å². The molecular weight excluding hydrogens is 288 g/mol. The second-order valence-corrected chi connectivity index (χ2v) is 6.02. The number of carbonyl (C=O) groups is 1. The first kappa shape index (κ1) is 13.3. The number of thioether (sulfide) groups is 1. The molecule has 0 radical (unpaired) electrons. The third kappa shape index (κ3) is 2.89. The number of para-hydroxylation sites is 1. The molecule has 0 spiro atoms. The average Bonchev–Trinajstić information content (AvgIpc) is 2.47. The van der Waals surface area contributed by atoms with Gasteiger partial charge in [-0.3, -0.25) is 9.79 Å². The summed E-state index contributed by atoms with van der Waals surface area (Å²) in [5, 5.41) is 2.57. The average molecular weight is 300 g/mol. The first-order valence-corrected chi connectivity index (χ1v) is 7.45. The Morgan fingerprint density at radius 1 is 1.20 bits per heavy atom. The highest BCUT2D eigenvalue weighted by Gasteiger charge is 2.22. The Balaban J connectivity index is 1.74. The van der Waals surface area contributed by atoms with Crippen molar-refractivity contribution in [2.75, 3.05) is 5.32 Å². The first-order valence-electron chi connectivity index (χ1n) is 6.12. The number of benzene rings is 2. The highest BCUT2D eigenvalue weighted by molar-refractivity contribution is 8.01. The molecule has 5 heteroatoms. The summed E-state index contributed by atoms with van der Waals surface area (Å²) in [5.41, 5.74) is 1.66. The van der Waals surface area contributed by atoms with E-state index < -0.39 is 0 Å². The van der Waals surface area contributed by atoms with E-state index >= 15 is 0 Å². The molecule has 2 aromatic carbocycles. The van der Waals surface area contributed by atoms with Crippen molar-refractivity contribution >= 4 is 47.9 Å². The van der Waals surface area contributed by atoms with Gasteiger partial charge in [0, 0.05) is 21.7 Å². The number of nitrogens with zero attached hydrogens (tertiary/aromatic N) is 1. The molecule has 3 rings (SSSR count). The van der Waals surface area contributed by atoms with Crippen molar-refractivity contribution in [2.24, 2.45) is 4.99 Å². The number of amides is 1. The molecular formula is C15H12N2OS2. The van der Waals surface area contributed by atoms with Crippen LogP contribution >= 0.6 is 24.4 Å². The Kier molecular flexibility index (Phi) is 3.80. The molecule has 1 unspecified atom stereocenters. The molecule has 20 heavy (non-hydrogen) atoms. The highest BCUT2D eigenvalue weighted by Crippen LogP contribution is 2.35. The van der Waals surface area contributed by atoms with Gasteiger partial charge in [0.15, 0.2) is 0 Å². The van der Waals surface area contributed by atoms with E-state index in [1.54, 1.807) is 6.21 Å². The fraction of sp³-hybridized carbons (Fsp3) is 0.0667. The lowest BCUT2D eigenvalue weighted by atomic mass is 10.3. The summed E-state index contributed by atoms with van der Waals surface area (Å²) in [6.45, 7) is 0. The van der Waals surface area contributed by atoms with Crippen LogP contribution in [0.25, 0.3) is 0 Å². The van der Waals surface area contributed by atoms with E-state index in [0.29, 0.717) is 0 Å². The summed E-state index contributed by atoms with van der Waals surface area (Å²) >= 11 is 5.77. The molecule has 1 N–H and O–H groups in total. The molecule has 1 aliphatic rings. The van der Waals surface area contributed by atoms with E-state index in [1.807, 2.05) is 48.5 Å². The van der Waals surface area contributed by atoms with Crippen molar-refractivity contribution in [1.29, 1.82) is 0 Å². The minimum atomic E-state index is -0.312. The normalized spacial score (nSPS) is 16.6. The predicted molar refractivity (Wildman–Crippen MR) is 86.6 cm³/mol. The van der Waals surface area contributed by atoms with E-state index in [0.717, 1.165) is 21.2 Å². The lowest BCUT2D eigenvalue weighted by Crippen LogP contribution is -2.27. The van der Waals surface area contributed by atoms with Crippen LogP contribution in [0.1, 0.15) is 0 Å². The maximum Gasteiger partial charge on any atom is 0.243 e. The molecule has 100 valence electrons. The van der Waals surface area contributed by atoms with E-state index in [-0.39, 0.29) is 11.2 Å². The first-order chi connectivity index (χ1) is 9.72. The molecule has 1 atom stereocenters. The van der Waals surface area contributed by atoms with Crippen LogP contribution in [0, 0.1) is 0 Å². The number of rotatable bonds is 2. The fourth-order valence-electron chi connectivity index (χ4n) is 1.90. The minimum absolute atomic E-state index is 0.0767. The number of fused-ring (bicyclic) bond motifs is 1. The Morgan fingerprint density at radius 2 is 2.05 bits per heavy atom. The number of hydrogen-bond donors (Lipinski definition) is 2. The number of nitrogens with one attached hydrogen (secondary N) is 1. The van der Waals surface area contributed by atoms with Gasteiger partial charge in [-0.2, -0.15) is 0 Å². The van der Waals surface area contributed by atoms with Crippen LogP contribution in [-0.2, 0) is 4.79 Å². The van der Waals surface area contributed by atoms with Crippen LogP contribution in [0.2, 0.25) is 0 Å². The molecule has 0 fully saturated rings. The molecule has 0 bridgehead atoms. The Morgan fingerprint density at radius 3 is 2.90 bits per heavy atom. The van der Waals surface area contributed by atoms with Crippen molar-refractivity contribution in [3.8, 4) is 0 Å². The summed E-state index contributed by atoms with van der Waals surface area (Å²) < 4.78 is 0. The van der Waals surface area contributed by atoms with Crippen LogP contribution in [0.5, 0.6) is 0 Å². The van der Waals surface area contributed by atoms with Gasteiger partial charge >= 0.3 is 0 Å². The largest absolute Gasteiger partial charge is 0.325 e. The zero-order valence-corrected chi connectivity index (χ0v) is 12.2. The van der Waals surface area contributed by atoms with Gasteiger partial charge in [0.05, 0.1) is 5.69 Å². The van der Waals surface area contributed by atoms with Gasteiger partial charge in [-0.25, -0.2) is 0 Å². The van der Waals surface area contributed by atoms with Gasteiger partial charge in [-0.05, 0) is 30.3 Å². The zero-order chi connectivity index (χ0) is 13.9. The van der Waals surface area contributed by atoms with Crippen LogP contribution in [0.3, 0.4) is 0 Å². The summed E-state index contributed by atoms with van der Waals surface area (Å²) in [4.78, 5) is 18.4. The molecule has 0 saturated carbocycles. The van der Waals surface area contributed by atoms with Crippen LogP contribution in [0.4, 0.5) is 11.4 Å². The summed E-state index contributed by atoms with van der Waals surface area (Å²) in [5.74, 6) is -0.0767. The summed E-state index contributed by atoms with van der Waals surface area (Å²) in [6, 6.07) is 15.2. The third-order valence-corrected chi connectivity index (χ3v) is 4.31. The smallest absolute Gasteiger partial charge is 0.243 e. The maximum absolute atomic E-state index is 12.2. The lowest BCUT2D eigenvalue weighted by molar-refractivity contribution is -0.114. The molecule has 1 aliphatic heterocycles. The fourth-order valence-corrected chi connectivity index (χ4v) is 3.08. The molecule has 0 saturated heterocycles. The van der Waals surface area contributed by atoms with Crippen LogP contribution < -0.4 is 5.32 Å². The van der Waals surface area contributed by atoms with Gasteiger partial charge in [-0.1, -0.05) is 18.2 Å². The van der Waals surface area contributed by atoms with E-state index in [9.17, 15) is 4.79 Å². The van der Waals surface area contributed by atoms with Crippen molar-refractivity contribution < 1.29 is 4.79 Å². The second-order valence-electron chi connectivity index (χ2n) is 4.32. The van der Waals surface area contributed by atoms with Gasteiger partial charge in [0.2, 0.25) is 5.91 Å². The van der Waals surface area contributed by atoms with Crippen molar-refractivity contribution in [3.05, 3.63) is 48.5 Å². The number of thiol groups is 1. The number of aliphatic imine (C=N–C) groups is 1. The summed E-state index contributed by atoms with van der Waals surface area (Å²) in [6.07, 6.45) is 1.69. The topological polar surface area (TPSA) is 41.5 Å². The predicted octanol–water partition coefficient (Wildman–Crippen LogP) is 3.79. The number of anilines is 1. The molecule has 1 heterocycles. The van der Waals surface area contributed by atoms with Crippen molar-refractivity contribution in [1.82, 2.24) is 0 Å². The van der Waals surface area contributed by atoms with E-state index in [4.69, 9.17) is 0 Å². The van der Waals surface area contributed by atoms with E-state index in [1.165, 1.54) is 11.8 Å². The minimum Gasteiger partial charge on any atom is -0.325 e. The molecule has 1 amide bonds. The van der Waals surface area contributed by atoms with Gasteiger partial charge in [0.25, 0.3) is 0 Å². The monoisotopic (exact) mass is 300 g/mol. The highest BCUT2D eigenvalue weighted by atomic mass is 32.2. The second kappa shape index (κ2) is 5.73. The Labute approximate surface area is 126 Å². The Bertz CT molecular complexity index is 685. The van der Waals surface area contributed by atoms with Crippen LogP contribution in [-0.4, -0.2) is 17.4 Å². The standard InChI is InChI=1S/C15H12N2OS2/c18-15(17-10-4-3-5-11(19)8-10)14-9-16-12-6-1-2-7-13(12)20-14/h1-9,14,19H,(H,17,18). The van der Waals surface area contributed by atoms with E-state index in [2.05, 4.69) is 22.9 Å². The Hall–Kier alpha value is -1.72. The maximum atomic E-state index is 12.2. The molecule has 3 nitrogen and oxygen atoms in total. The van der Waals surface area contributed by atoms with Gasteiger partial charge in [-0.15, -0.1) is 24.4 Å². The number of carbonyl (C=O) groups excluding carboxylic acids is 1. The van der Waals surface area contributed by atoms with Crippen molar-refractivity contribution in [2.45, 2.75) is 15.0 Å².